The molecule has 1 fully saturated rings. The van der Waals surface area contributed by atoms with Crippen LogP contribution in [0, 0.1) is 0 Å². The highest BCUT2D eigenvalue weighted by Gasteiger charge is 2.16. The Morgan fingerprint density at radius 2 is 1.79 bits per heavy atom. The summed E-state index contributed by atoms with van der Waals surface area (Å²) in [5.41, 5.74) is 1.79. The maximum absolute atomic E-state index is 12.6. The number of amides is 1. The molecule has 0 saturated carbocycles. The number of thiocarbonyl (C=S) groups is 1. The van der Waals surface area contributed by atoms with Crippen molar-refractivity contribution in [2.75, 3.05) is 19.7 Å². The van der Waals surface area contributed by atoms with Crippen LogP contribution >= 0.6 is 28.1 Å². The van der Waals surface area contributed by atoms with Gasteiger partial charge in [-0.25, -0.2) is 0 Å². The molecule has 2 aromatic carbocycles. The summed E-state index contributed by atoms with van der Waals surface area (Å²) in [7, 11) is 0. The predicted molar refractivity (Wildman–Crippen MR) is 120 cm³/mol. The number of nitrogens with one attached hydrogen (secondary N) is 1. The fourth-order valence-electron chi connectivity index (χ4n) is 3.20. The molecule has 28 heavy (non-hydrogen) atoms. The standard InChI is InChI=1S/C22H25BrN2O2S/c23-19-16-18(21(26)24-22(28)25-13-6-1-2-7-14-25)10-11-20(19)27-15-12-17-8-4-3-5-9-17/h3-5,8-11,16H,1-2,6-7,12-15H2,(H,24,26,28). The molecular formula is C22H25BrN2O2S. The molecule has 0 radical (unpaired) electrons. The number of carbonyl (C=O) groups excluding carboxylic acids is 1. The quantitative estimate of drug-likeness (QED) is 0.640. The summed E-state index contributed by atoms with van der Waals surface area (Å²) in [5, 5.41) is 3.38. The molecule has 1 saturated heterocycles. The first-order chi connectivity index (χ1) is 13.6. The van der Waals surface area contributed by atoms with Crippen molar-refractivity contribution in [3.63, 3.8) is 0 Å². The van der Waals surface area contributed by atoms with Crippen LogP contribution in [0.15, 0.2) is 53.0 Å². The minimum absolute atomic E-state index is 0.189. The van der Waals surface area contributed by atoms with Gasteiger partial charge in [0.25, 0.3) is 5.91 Å². The Morgan fingerprint density at radius 3 is 2.46 bits per heavy atom. The highest BCUT2D eigenvalue weighted by molar-refractivity contribution is 9.10. The van der Waals surface area contributed by atoms with Crippen molar-refractivity contribution in [3.8, 4) is 5.75 Å². The highest BCUT2D eigenvalue weighted by Crippen LogP contribution is 2.26. The van der Waals surface area contributed by atoms with Crippen LogP contribution in [-0.4, -0.2) is 35.6 Å². The van der Waals surface area contributed by atoms with E-state index in [9.17, 15) is 4.79 Å². The molecule has 1 amide bonds. The normalized spacial score (nSPS) is 14.2. The molecule has 1 N–H and O–H groups in total. The van der Waals surface area contributed by atoms with Crippen LogP contribution in [-0.2, 0) is 6.42 Å². The monoisotopic (exact) mass is 460 g/mol. The lowest BCUT2D eigenvalue weighted by atomic mass is 10.2. The van der Waals surface area contributed by atoms with Gasteiger partial charge in [0.05, 0.1) is 11.1 Å². The molecule has 1 heterocycles. The van der Waals surface area contributed by atoms with Crippen molar-refractivity contribution in [2.24, 2.45) is 0 Å². The molecule has 0 aromatic heterocycles. The largest absolute Gasteiger partial charge is 0.492 e. The molecule has 3 rings (SSSR count). The number of nitrogens with zero attached hydrogens (tertiary/aromatic N) is 1. The molecule has 0 atom stereocenters. The van der Waals surface area contributed by atoms with Crippen molar-refractivity contribution in [1.82, 2.24) is 10.2 Å². The van der Waals surface area contributed by atoms with Crippen LogP contribution in [0.5, 0.6) is 5.75 Å². The van der Waals surface area contributed by atoms with Crippen LogP contribution < -0.4 is 10.1 Å². The van der Waals surface area contributed by atoms with Gasteiger partial charge in [-0.1, -0.05) is 43.2 Å². The molecule has 148 valence electrons. The Labute approximate surface area is 180 Å². The van der Waals surface area contributed by atoms with Crippen LogP contribution in [0.3, 0.4) is 0 Å². The molecule has 0 aliphatic carbocycles. The Balaban J connectivity index is 1.53. The van der Waals surface area contributed by atoms with E-state index < -0.39 is 0 Å². The summed E-state index contributed by atoms with van der Waals surface area (Å²) >= 11 is 8.94. The molecule has 0 unspecified atom stereocenters. The number of benzene rings is 2. The van der Waals surface area contributed by atoms with E-state index in [1.807, 2.05) is 24.3 Å². The average molecular weight is 461 g/mol. The van der Waals surface area contributed by atoms with Gasteiger partial charge in [0.2, 0.25) is 0 Å². The van der Waals surface area contributed by atoms with Gasteiger partial charge >= 0.3 is 0 Å². The summed E-state index contributed by atoms with van der Waals surface area (Å²) in [4.78, 5) is 14.7. The molecule has 4 nitrogen and oxygen atoms in total. The van der Waals surface area contributed by atoms with Gasteiger partial charge in [0.15, 0.2) is 5.11 Å². The lowest BCUT2D eigenvalue weighted by Gasteiger charge is -2.23. The van der Waals surface area contributed by atoms with E-state index >= 15 is 0 Å². The number of hydrogen-bond acceptors (Lipinski definition) is 3. The Kier molecular flexibility index (Phi) is 7.86. The first kappa shape index (κ1) is 20.8. The van der Waals surface area contributed by atoms with Gasteiger partial charge in [-0.2, -0.15) is 0 Å². The third-order valence-electron chi connectivity index (χ3n) is 4.80. The van der Waals surface area contributed by atoms with E-state index in [4.69, 9.17) is 17.0 Å². The fraction of sp³-hybridized carbons (Fsp3) is 0.364. The Morgan fingerprint density at radius 1 is 1.07 bits per heavy atom. The van der Waals surface area contributed by atoms with Gasteiger partial charge in [0, 0.05) is 25.1 Å². The van der Waals surface area contributed by atoms with Crippen molar-refractivity contribution in [1.29, 1.82) is 0 Å². The molecule has 0 bridgehead atoms. The minimum atomic E-state index is -0.189. The minimum Gasteiger partial charge on any atom is -0.492 e. The van der Waals surface area contributed by atoms with Gasteiger partial charge in [-0.15, -0.1) is 0 Å². The number of halogens is 1. The predicted octanol–water partition coefficient (Wildman–Crippen LogP) is 4.96. The Bertz CT molecular complexity index is 805. The van der Waals surface area contributed by atoms with Gasteiger partial charge < -0.3 is 9.64 Å². The van der Waals surface area contributed by atoms with Crippen LogP contribution in [0.25, 0.3) is 0 Å². The summed E-state index contributed by atoms with van der Waals surface area (Å²) in [6.07, 6.45) is 5.53. The smallest absolute Gasteiger partial charge is 0.257 e. The van der Waals surface area contributed by atoms with Crippen LogP contribution in [0.4, 0.5) is 0 Å². The van der Waals surface area contributed by atoms with E-state index in [0.29, 0.717) is 17.3 Å². The summed E-state index contributed by atoms with van der Waals surface area (Å²) in [5.74, 6) is 0.536. The number of carbonyl (C=O) groups is 1. The summed E-state index contributed by atoms with van der Waals surface area (Å²) in [6.45, 7) is 2.40. The van der Waals surface area contributed by atoms with Crippen LogP contribution in [0.1, 0.15) is 41.6 Å². The van der Waals surface area contributed by atoms with E-state index in [0.717, 1.165) is 42.6 Å². The first-order valence-electron chi connectivity index (χ1n) is 9.70. The van der Waals surface area contributed by atoms with Crippen molar-refractivity contribution in [2.45, 2.75) is 32.1 Å². The fourth-order valence-corrected chi connectivity index (χ4v) is 3.97. The van der Waals surface area contributed by atoms with Crippen LogP contribution in [0.2, 0.25) is 0 Å². The van der Waals surface area contributed by atoms with Gasteiger partial charge in [0.1, 0.15) is 5.75 Å². The molecule has 2 aromatic rings. The zero-order chi connectivity index (χ0) is 19.8. The number of hydrogen-bond donors (Lipinski definition) is 1. The highest BCUT2D eigenvalue weighted by atomic mass is 79.9. The Hall–Kier alpha value is -1.92. The summed E-state index contributed by atoms with van der Waals surface area (Å²) < 4.78 is 6.61. The number of rotatable bonds is 5. The third kappa shape index (κ3) is 6.04. The maximum Gasteiger partial charge on any atom is 0.257 e. The molecular weight excluding hydrogens is 436 g/mol. The lowest BCUT2D eigenvalue weighted by molar-refractivity contribution is 0.0973. The second kappa shape index (κ2) is 10.6. The van der Waals surface area contributed by atoms with Crippen molar-refractivity contribution in [3.05, 3.63) is 64.1 Å². The molecule has 0 spiro atoms. The SMILES string of the molecule is O=C(NC(=S)N1CCCCCC1)c1ccc(OCCc2ccccc2)c(Br)c1. The average Bonchev–Trinajstić information content (AvgIpc) is 2.99. The van der Waals surface area contributed by atoms with E-state index in [2.05, 4.69) is 38.3 Å². The van der Waals surface area contributed by atoms with Gasteiger partial charge in [-0.3, -0.25) is 10.1 Å². The maximum atomic E-state index is 12.6. The number of ether oxygens (including phenoxy) is 1. The first-order valence-corrected chi connectivity index (χ1v) is 10.9. The van der Waals surface area contributed by atoms with E-state index in [-0.39, 0.29) is 5.91 Å². The zero-order valence-corrected chi connectivity index (χ0v) is 18.2. The summed E-state index contributed by atoms with van der Waals surface area (Å²) in [6, 6.07) is 15.6. The van der Waals surface area contributed by atoms with Crippen molar-refractivity contribution < 1.29 is 9.53 Å². The second-order valence-corrected chi connectivity index (χ2v) is 8.13. The third-order valence-corrected chi connectivity index (χ3v) is 5.78. The molecule has 1 aliphatic rings. The molecule has 6 heteroatoms. The lowest BCUT2D eigenvalue weighted by Crippen LogP contribution is -2.43. The number of likely N-dealkylation sites (tertiary alicyclic amines) is 1. The second-order valence-electron chi connectivity index (χ2n) is 6.89. The van der Waals surface area contributed by atoms with E-state index in [1.165, 1.54) is 18.4 Å². The van der Waals surface area contributed by atoms with Crippen molar-refractivity contribution >= 4 is 39.2 Å². The zero-order valence-electron chi connectivity index (χ0n) is 15.8. The topological polar surface area (TPSA) is 41.6 Å². The molecule has 1 aliphatic heterocycles. The van der Waals surface area contributed by atoms with Gasteiger partial charge in [-0.05, 0) is 64.8 Å². The van der Waals surface area contributed by atoms with E-state index in [1.54, 1.807) is 12.1 Å².